The highest BCUT2D eigenvalue weighted by molar-refractivity contribution is 9.10. The maximum atomic E-state index is 12.8. The van der Waals surface area contributed by atoms with Crippen LogP contribution in [0.15, 0.2) is 46.9 Å². The number of ether oxygens (including phenoxy) is 2. The summed E-state index contributed by atoms with van der Waals surface area (Å²) in [6, 6.07) is 12.2. The smallest absolute Gasteiger partial charge is 0.256 e. The minimum atomic E-state index is -0.287. The maximum absolute atomic E-state index is 12.8. The largest absolute Gasteiger partial charge is 0.492 e. The average Bonchev–Trinajstić information content (AvgIpc) is 2.73. The lowest BCUT2D eigenvalue weighted by atomic mass is 10.1. The monoisotopic (exact) mass is 446 g/mol. The van der Waals surface area contributed by atoms with Crippen molar-refractivity contribution in [3.05, 3.63) is 58.1 Å². The molecule has 1 saturated heterocycles. The highest BCUT2D eigenvalue weighted by atomic mass is 79.9. The highest BCUT2D eigenvalue weighted by Gasteiger charge is 2.22. The molecule has 0 aliphatic carbocycles. The van der Waals surface area contributed by atoms with Gasteiger partial charge in [-0.05, 0) is 52.7 Å². The second-order valence-electron chi connectivity index (χ2n) is 6.40. The van der Waals surface area contributed by atoms with Gasteiger partial charge in [-0.15, -0.1) is 0 Å². The Hall–Kier alpha value is -2.38. The molecule has 0 saturated carbocycles. The van der Waals surface area contributed by atoms with E-state index in [4.69, 9.17) is 9.47 Å². The van der Waals surface area contributed by atoms with Crippen LogP contribution in [-0.4, -0.2) is 49.6 Å². The molecule has 6 nitrogen and oxygen atoms in total. The van der Waals surface area contributed by atoms with Crippen molar-refractivity contribution in [3.63, 3.8) is 0 Å². The van der Waals surface area contributed by atoms with Crippen molar-refractivity contribution in [3.8, 4) is 5.75 Å². The fourth-order valence-corrected chi connectivity index (χ4v) is 3.37. The Balaban J connectivity index is 1.75. The molecule has 28 heavy (non-hydrogen) atoms. The van der Waals surface area contributed by atoms with Crippen LogP contribution >= 0.6 is 15.9 Å². The summed E-state index contributed by atoms with van der Waals surface area (Å²) >= 11 is 3.44. The number of benzene rings is 2. The first kappa shape index (κ1) is 20.4. The minimum absolute atomic E-state index is 0.108. The van der Waals surface area contributed by atoms with Gasteiger partial charge in [0, 0.05) is 18.7 Å². The van der Waals surface area contributed by atoms with Crippen LogP contribution in [0, 0.1) is 0 Å². The highest BCUT2D eigenvalue weighted by Crippen LogP contribution is 2.27. The van der Waals surface area contributed by atoms with Crippen molar-refractivity contribution in [2.24, 2.45) is 0 Å². The quantitative estimate of drug-likeness (QED) is 0.728. The first-order valence-electron chi connectivity index (χ1n) is 9.30. The number of rotatable bonds is 6. The molecule has 148 valence electrons. The van der Waals surface area contributed by atoms with Crippen molar-refractivity contribution in [1.29, 1.82) is 0 Å². The lowest BCUT2D eigenvalue weighted by Gasteiger charge is -2.27. The van der Waals surface area contributed by atoms with Crippen LogP contribution in [0.1, 0.15) is 34.1 Å². The van der Waals surface area contributed by atoms with Gasteiger partial charge in [-0.25, -0.2) is 0 Å². The first-order chi connectivity index (χ1) is 13.6. The number of amides is 2. The summed E-state index contributed by atoms with van der Waals surface area (Å²) in [6.45, 7) is 4.80. The summed E-state index contributed by atoms with van der Waals surface area (Å²) in [5, 5.41) is 2.86. The molecule has 2 amide bonds. The lowest BCUT2D eigenvalue weighted by molar-refractivity contribution is 0.0303. The lowest BCUT2D eigenvalue weighted by Crippen LogP contribution is -2.41. The van der Waals surface area contributed by atoms with Crippen LogP contribution < -0.4 is 10.1 Å². The second kappa shape index (κ2) is 9.71. The summed E-state index contributed by atoms with van der Waals surface area (Å²) in [5.41, 5.74) is 1.44. The minimum Gasteiger partial charge on any atom is -0.492 e. The number of halogens is 1. The Bertz CT molecular complexity index is 850. The Labute approximate surface area is 172 Å². The molecule has 0 spiro atoms. The van der Waals surface area contributed by atoms with Gasteiger partial charge in [0.25, 0.3) is 11.8 Å². The molecule has 0 atom stereocenters. The van der Waals surface area contributed by atoms with Crippen molar-refractivity contribution in [2.75, 3.05) is 38.2 Å². The van der Waals surface area contributed by atoms with Crippen LogP contribution in [0.25, 0.3) is 0 Å². The Morgan fingerprint density at radius 2 is 1.93 bits per heavy atom. The maximum Gasteiger partial charge on any atom is 0.256 e. The molecule has 7 heteroatoms. The summed E-state index contributed by atoms with van der Waals surface area (Å²) in [4.78, 5) is 27.3. The number of hydrogen-bond acceptors (Lipinski definition) is 4. The molecule has 2 aromatic rings. The molecule has 0 bridgehead atoms. The molecule has 1 fully saturated rings. The van der Waals surface area contributed by atoms with Gasteiger partial charge < -0.3 is 19.7 Å². The molecular formula is C21H23BrN2O4. The van der Waals surface area contributed by atoms with E-state index in [-0.39, 0.29) is 11.8 Å². The van der Waals surface area contributed by atoms with Gasteiger partial charge in [-0.1, -0.05) is 19.1 Å². The van der Waals surface area contributed by atoms with Gasteiger partial charge in [0.2, 0.25) is 0 Å². The van der Waals surface area contributed by atoms with E-state index < -0.39 is 0 Å². The van der Waals surface area contributed by atoms with Gasteiger partial charge in [-0.2, -0.15) is 0 Å². The third-order valence-corrected chi connectivity index (χ3v) is 4.98. The van der Waals surface area contributed by atoms with Gasteiger partial charge in [0.15, 0.2) is 0 Å². The third kappa shape index (κ3) is 4.91. The molecule has 1 aliphatic heterocycles. The van der Waals surface area contributed by atoms with Gasteiger partial charge in [0.1, 0.15) is 5.75 Å². The number of para-hydroxylation sites is 1. The topological polar surface area (TPSA) is 67.9 Å². The molecule has 0 unspecified atom stereocenters. The zero-order valence-electron chi connectivity index (χ0n) is 15.7. The van der Waals surface area contributed by atoms with Crippen molar-refractivity contribution < 1.29 is 19.1 Å². The standard InChI is InChI=1S/C21H23BrN2O4/c1-2-11-28-19-8-7-15(14-17(19)22)20(25)23-18-6-4-3-5-16(18)21(26)24-9-12-27-13-10-24/h3-8,14H,2,9-13H2,1H3,(H,23,25). The Morgan fingerprint density at radius 1 is 1.18 bits per heavy atom. The number of nitrogens with one attached hydrogen (secondary N) is 1. The van der Waals surface area contributed by atoms with Crippen molar-refractivity contribution >= 4 is 33.4 Å². The van der Waals surface area contributed by atoms with Crippen LogP contribution in [-0.2, 0) is 4.74 Å². The molecule has 0 radical (unpaired) electrons. The fraction of sp³-hybridized carbons (Fsp3) is 0.333. The Morgan fingerprint density at radius 3 is 2.64 bits per heavy atom. The second-order valence-corrected chi connectivity index (χ2v) is 7.25. The SMILES string of the molecule is CCCOc1ccc(C(=O)Nc2ccccc2C(=O)N2CCOCC2)cc1Br. The number of morpholine rings is 1. The zero-order valence-corrected chi connectivity index (χ0v) is 17.3. The molecule has 0 aromatic heterocycles. The van der Waals surface area contributed by atoms with Crippen LogP contribution in [0.4, 0.5) is 5.69 Å². The van der Waals surface area contributed by atoms with Gasteiger partial charge in [0.05, 0.1) is 35.5 Å². The molecule has 1 aliphatic rings. The molecule has 1 N–H and O–H groups in total. The predicted octanol–water partition coefficient (Wildman–Crippen LogP) is 3.96. The van der Waals surface area contributed by atoms with E-state index in [9.17, 15) is 9.59 Å². The van der Waals surface area contributed by atoms with E-state index in [1.54, 1.807) is 47.4 Å². The van der Waals surface area contributed by atoms with Crippen LogP contribution in [0.2, 0.25) is 0 Å². The number of carbonyl (C=O) groups excluding carboxylic acids is 2. The van der Waals surface area contributed by atoms with E-state index in [2.05, 4.69) is 21.2 Å². The molecule has 3 rings (SSSR count). The van der Waals surface area contributed by atoms with E-state index >= 15 is 0 Å². The summed E-state index contributed by atoms with van der Waals surface area (Å²) in [6.07, 6.45) is 0.905. The normalized spacial score (nSPS) is 13.9. The van der Waals surface area contributed by atoms with Crippen LogP contribution in [0.5, 0.6) is 5.75 Å². The molecule has 2 aromatic carbocycles. The van der Waals surface area contributed by atoms with Gasteiger partial charge >= 0.3 is 0 Å². The summed E-state index contributed by atoms with van der Waals surface area (Å²) in [7, 11) is 0. The third-order valence-electron chi connectivity index (χ3n) is 4.36. The molecular weight excluding hydrogens is 424 g/mol. The average molecular weight is 447 g/mol. The number of nitrogens with zero attached hydrogens (tertiary/aromatic N) is 1. The van der Waals surface area contributed by atoms with Crippen LogP contribution in [0.3, 0.4) is 0 Å². The number of hydrogen-bond donors (Lipinski definition) is 1. The van der Waals surface area contributed by atoms with Crippen molar-refractivity contribution in [1.82, 2.24) is 4.90 Å². The van der Waals surface area contributed by atoms with Crippen molar-refractivity contribution in [2.45, 2.75) is 13.3 Å². The Kier molecular flexibility index (Phi) is 7.06. The zero-order chi connectivity index (χ0) is 19.9. The van der Waals surface area contributed by atoms with E-state index in [1.165, 1.54) is 0 Å². The van der Waals surface area contributed by atoms with E-state index in [0.717, 1.165) is 6.42 Å². The first-order valence-corrected chi connectivity index (χ1v) is 10.1. The predicted molar refractivity (Wildman–Crippen MR) is 111 cm³/mol. The summed E-state index contributed by atoms with van der Waals surface area (Å²) in [5.74, 6) is 0.301. The number of carbonyl (C=O) groups is 2. The van der Waals surface area contributed by atoms with E-state index in [0.29, 0.717) is 59.9 Å². The van der Waals surface area contributed by atoms with E-state index in [1.807, 2.05) is 6.92 Å². The number of anilines is 1. The summed E-state index contributed by atoms with van der Waals surface area (Å²) < 4.78 is 11.6. The fourth-order valence-electron chi connectivity index (χ4n) is 2.88. The molecule has 1 heterocycles. The van der Waals surface area contributed by atoms with Gasteiger partial charge in [-0.3, -0.25) is 9.59 Å².